The highest BCUT2D eigenvalue weighted by Crippen LogP contribution is 2.35. The molecule has 0 fully saturated rings. The largest absolute Gasteiger partial charge is 0.496 e. The van der Waals surface area contributed by atoms with E-state index in [2.05, 4.69) is 24.4 Å². The van der Waals surface area contributed by atoms with Gasteiger partial charge >= 0.3 is 0 Å². The Balaban J connectivity index is 2.00. The quantitative estimate of drug-likeness (QED) is 0.577. The molecule has 24 heavy (non-hydrogen) atoms. The van der Waals surface area contributed by atoms with Crippen LogP contribution in [-0.2, 0) is 0 Å². The van der Waals surface area contributed by atoms with Gasteiger partial charge in [0.05, 0.1) is 37.3 Å². The van der Waals surface area contributed by atoms with Crippen molar-refractivity contribution >= 4 is 27.4 Å². The molecule has 0 saturated carbocycles. The maximum absolute atomic E-state index is 5.92. The van der Waals surface area contributed by atoms with Crippen molar-refractivity contribution in [1.82, 2.24) is 4.57 Å². The summed E-state index contributed by atoms with van der Waals surface area (Å²) in [5.74, 6) is 1.51. The van der Waals surface area contributed by atoms with Crippen LogP contribution < -0.4 is 15.2 Å². The third-order valence-corrected chi connectivity index (χ3v) is 4.30. The van der Waals surface area contributed by atoms with Gasteiger partial charge in [0.1, 0.15) is 11.5 Å². The van der Waals surface area contributed by atoms with Crippen molar-refractivity contribution in [3.05, 3.63) is 60.8 Å². The molecule has 0 aliphatic rings. The molecule has 3 aromatic carbocycles. The smallest absolute Gasteiger partial charge is 0.143 e. The summed E-state index contributed by atoms with van der Waals surface area (Å²) in [4.78, 5) is 0. The maximum Gasteiger partial charge on any atom is 0.143 e. The molecule has 0 aliphatic heterocycles. The van der Waals surface area contributed by atoms with Gasteiger partial charge < -0.3 is 19.8 Å². The Bertz CT molecular complexity index is 1050. The van der Waals surface area contributed by atoms with Crippen molar-refractivity contribution in [1.29, 1.82) is 0 Å². The van der Waals surface area contributed by atoms with Gasteiger partial charge in [0.2, 0.25) is 0 Å². The summed E-state index contributed by atoms with van der Waals surface area (Å²) in [5, 5.41) is 3.33. The number of nitrogen functional groups attached to an aromatic ring is 1. The maximum atomic E-state index is 5.92. The molecule has 4 aromatic rings. The molecule has 4 heteroatoms. The first kappa shape index (κ1) is 14.5. The van der Waals surface area contributed by atoms with E-state index in [1.165, 1.54) is 0 Å². The number of rotatable bonds is 3. The zero-order chi connectivity index (χ0) is 16.7. The molecule has 2 N–H and O–H groups in total. The van der Waals surface area contributed by atoms with E-state index >= 15 is 0 Å². The van der Waals surface area contributed by atoms with Gasteiger partial charge in [-0.1, -0.05) is 18.2 Å². The van der Waals surface area contributed by atoms with E-state index in [9.17, 15) is 0 Å². The fraction of sp³-hybridized carbons (Fsp3) is 0.100. The minimum atomic E-state index is 0.616. The second-order valence-electron chi connectivity index (χ2n) is 5.59. The third kappa shape index (κ3) is 2.07. The summed E-state index contributed by atoms with van der Waals surface area (Å²) in [5.41, 5.74) is 8.54. The lowest BCUT2D eigenvalue weighted by atomic mass is 10.1. The molecule has 0 unspecified atom stereocenters. The van der Waals surface area contributed by atoms with Crippen molar-refractivity contribution < 1.29 is 9.47 Å². The van der Waals surface area contributed by atoms with Crippen LogP contribution in [0.3, 0.4) is 0 Å². The van der Waals surface area contributed by atoms with Crippen molar-refractivity contribution in [3.63, 3.8) is 0 Å². The molecule has 4 nitrogen and oxygen atoms in total. The van der Waals surface area contributed by atoms with Gasteiger partial charge in [-0.25, -0.2) is 0 Å². The van der Waals surface area contributed by atoms with Crippen LogP contribution in [0.2, 0.25) is 0 Å². The molecule has 4 rings (SSSR count). The normalized spacial score (nSPS) is 11.1. The van der Waals surface area contributed by atoms with Crippen LogP contribution in [0.15, 0.2) is 54.6 Å². The Kier molecular flexibility index (Phi) is 3.31. The van der Waals surface area contributed by atoms with Crippen molar-refractivity contribution in [2.75, 3.05) is 20.0 Å². The summed E-state index contributed by atoms with van der Waals surface area (Å²) in [7, 11) is 3.31. The Labute approximate surface area is 140 Å². The highest BCUT2D eigenvalue weighted by Gasteiger charge is 2.11. The summed E-state index contributed by atoms with van der Waals surface area (Å²) in [6, 6.07) is 18.0. The summed E-state index contributed by atoms with van der Waals surface area (Å²) in [6.45, 7) is 0. The number of nitrogens with two attached hydrogens (primary N) is 1. The Morgan fingerprint density at radius 1 is 0.958 bits per heavy atom. The number of nitrogens with zero attached hydrogens (tertiary/aromatic N) is 1. The fourth-order valence-corrected chi connectivity index (χ4v) is 3.12. The van der Waals surface area contributed by atoms with Gasteiger partial charge in [-0.15, -0.1) is 0 Å². The van der Waals surface area contributed by atoms with Gasteiger partial charge in [-0.3, -0.25) is 0 Å². The molecular formula is C20H17N2O2. The SMILES string of the molecule is COc1cc(-n2[c]cc3c4c(OC)cccc4ccc32)ccc1N. The number of aromatic nitrogens is 1. The number of anilines is 1. The molecule has 0 spiro atoms. The van der Waals surface area contributed by atoms with E-state index < -0.39 is 0 Å². The molecule has 1 aromatic heterocycles. The lowest BCUT2D eigenvalue weighted by molar-refractivity contribution is 0.417. The highest BCUT2D eigenvalue weighted by atomic mass is 16.5. The monoisotopic (exact) mass is 317 g/mol. The standard InChI is InChI=1S/C20H17N2O2/c1-23-18-5-3-4-13-6-9-17-15(20(13)18)10-11-22(17)14-7-8-16(21)19(12-14)24-2/h3-10,12H,21H2,1-2H3. The van der Waals surface area contributed by atoms with Gasteiger partial charge in [0.15, 0.2) is 0 Å². The topological polar surface area (TPSA) is 49.4 Å². The molecular weight excluding hydrogens is 300 g/mol. The van der Waals surface area contributed by atoms with Gasteiger partial charge in [-0.05, 0) is 35.7 Å². The molecule has 0 bridgehead atoms. The van der Waals surface area contributed by atoms with Crippen LogP contribution in [0.4, 0.5) is 5.69 Å². The molecule has 0 amide bonds. The van der Waals surface area contributed by atoms with E-state index in [1.54, 1.807) is 14.2 Å². The van der Waals surface area contributed by atoms with Crippen LogP contribution >= 0.6 is 0 Å². The Morgan fingerprint density at radius 2 is 1.79 bits per heavy atom. The number of hydrogen-bond acceptors (Lipinski definition) is 3. The van der Waals surface area contributed by atoms with Crippen molar-refractivity contribution in [2.24, 2.45) is 0 Å². The number of fused-ring (bicyclic) bond motifs is 3. The van der Waals surface area contributed by atoms with E-state index in [1.807, 2.05) is 41.0 Å². The number of methoxy groups -OCH3 is 2. The van der Waals surface area contributed by atoms with Crippen LogP contribution in [0.5, 0.6) is 11.5 Å². The average Bonchev–Trinajstić information content (AvgIpc) is 3.05. The molecule has 1 heterocycles. The lowest BCUT2D eigenvalue weighted by Crippen LogP contribution is -1.97. The third-order valence-electron chi connectivity index (χ3n) is 4.30. The summed E-state index contributed by atoms with van der Waals surface area (Å²) in [6.07, 6.45) is 3.31. The molecule has 1 radical (unpaired) electrons. The number of hydrogen-bond donors (Lipinski definition) is 1. The first-order valence-electron chi connectivity index (χ1n) is 7.65. The van der Waals surface area contributed by atoms with Crippen LogP contribution in [-0.4, -0.2) is 18.8 Å². The molecule has 0 saturated heterocycles. The van der Waals surface area contributed by atoms with Gasteiger partial charge in [0, 0.05) is 16.8 Å². The van der Waals surface area contributed by atoms with Gasteiger partial charge in [-0.2, -0.15) is 0 Å². The minimum Gasteiger partial charge on any atom is -0.496 e. The first-order valence-corrected chi connectivity index (χ1v) is 7.65. The number of benzene rings is 3. The fourth-order valence-electron chi connectivity index (χ4n) is 3.12. The van der Waals surface area contributed by atoms with E-state index in [4.69, 9.17) is 15.2 Å². The predicted octanol–water partition coefficient (Wildman–Crippen LogP) is 4.18. The van der Waals surface area contributed by atoms with Crippen LogP contribution in [0, 0.1) is 6.20 Å². The van der Waals surface area contributed by atoms with Crippen molar-refractivity contribution in [3.8, 4) is 17.2 Å². The Morgan fingerprint density at radius 3 is 2.58 bits per heavy atom. The lowest BCUT2D eigenvalue weighted by Gasteiger charge is -2.11. The second kappa shape index (κ2) is 5.49. The number of ether oxygens (including phenoxy) is 2. The predicted molar refractivity (Wildman–Crippen MR) is 97.1 cm³/mol. The van der Waals surface area contributed by atoms with Crippen LogP contribution in [0.1, 0.15) is 0 Å². The van der Waals surface area contributed by atoms with Gasteiger partial charge in [0.25, 0.3) is 0 Å². The Hall–Kier alpha value is -3.14. The molecule has 119 valence electrons. The second-order valence-corrected chi connectivity index (χ2v) is 5.59. The first-order chi connectivity index (χ1) is 11.7. The molecule has 0 aliphatic carbocycles. The minimum absolute atomic E-state index is 0.616. The van der Waals surface area contributed by atoms with E-state index in [0.29, 0.717) is 11.4 Å². The van der Waals surface area contributed by atoms with Crippen LogP contribution in [0.25, 0.3) is 27.4 Å². The van der Waals surface area contributed by atoms with E-state index in [-0.39, 0.29) is 0 Å². The zero-order valence-corrected chi connectivity index (χ0v) is 13.5. The van der Waals surface area contributed by atoms with E-state index in [0.717, 1.165) is 33.1 Å². The molecule has 0 atom stereocenters. The summed E-state index contributed by atoms with van der Waals surface area (Å²) >= 11 is 0. The highest BCUT2D eigenvalue weighted by molar-refractivity contribution is 6.10. The zero-order valence-electron chi connectivity index (χ0n) is 13.5. The summed E-state index contributed by atoms with van der Waals surface area (Å²) < 4.78 is 12.9. The van der Waals surface area contributed by atoms with Crippen molar-refractivity contribution in [2.45, 2.75) is 0 Å². The average molecular weight is 317 g/mol.